The zero-order chi connectivity index (χ0) is 22.0. The summed E-state index contributed by atoms with van der Waals surface area (Å²) in [7, 11) is 1.66. The SMILES string of the molecule is COCc1ccc(C(=O)N2CCC(c3nc4c(c(=O)[nH]3)CCN(C(C)C)C4)CC2)cc1. The molecule has 0 radical (unpaired) electrons. The summed E-state index contributed by atoms with van der Waals surface area (Å²) in [6.45, 7) is 7.88. The molecule has 7 heteroatoms. The number of likely N-dealkylation sites (tertiary alicyclic amines) is 1. The number of benzene rings is 1. The fourth-order valence-electron chi connectivity index (χ4n) is 4.56. The van der Waals surface area contributed by atoms with Crippen molar-refractivity contribution in [1.82, 2.24) is 19.8 Å². The summed E-state index contributed by atoms with van der Waals surface area (Å²) in [5.41, 5.74) is 3.53. The maximum Gasteiger partial charge on any atom is 0.254 e. The third kappa shape index (κ3) is 4.72. The lowest BCUT2D eigenvalue weighted by atomic mass is 9.94. The standard InChI is InChI=1S/C24H32N4O3/c1-16(2)28-13-10-20-21(14-28)25-22(26-23(20)29)18-8-11-27(12-9-18)24(30)19-6-4-17(5-7-19)15-31-3/h4-7,16,18H,8-15H2,1-3H3,(H,25,26,29). The van der Waals surface area contributed by atoms with Crippen molar-refractivity contribution in [2.24, 2.45) is 0 Å². The minimum atomic E-state index is 0.0121. The molecule has 0 spiro atoms. The van der Waals surface area contributed by atoms with Crippen LogP contribution in [0.3, 0.4) is 0 Å². The number of aromatic nitrogens is 2. The number of methoxy groups -OCH3 is 1. The van der Waals surface area contributed by atoms with Crippen molar-refractivity contribution in [2.45, 2.75) is 58.2 Å². The van der Waals surface area contributed by atoms with Gasteiger partial charge in [-0.05, 0) is 50.8 Å². The first-order valence-corrected chi connectivity index (χ1v) is 11.2. The Hall–Kier alpha value is -2.51. The lowest BCUT2D eigenvalue weighted by Gasteiger charge is -2.33. The number of nitrogens with zero attached hydrogens (tertiary/aromatic N) is 3. The smallest absolute Gasteiger partial charge is 0.254 e. The van der Waals surface area contributed by atoms with E-state index in [0.29, 0.717) is 31.3 Å². The molecule has 3 heterocycles. The number of nitrogens with one attached hydrogen (secondary N) is 1. The average molecular weight is 425 g/mol. The molecule has 166 valence electrons. The fraction of sp³-hybridized carbons (Fsp3) is 0.542. The summed E-state index contributed by atoms with van der Waals surface area (Å²) in [5.74, 6) is 1.02. The largest absolute Gasteiger partial charge is 0.380 e. The third-order valence-electron chi connectivity index (χ3n) is 6.53. The summed E-state index contributed by atoms with van der Waals surface area (Å²) in [5, 5.41) is 0. The first kappa shape index (κ1) is 21.7. The van der Waals surface area contributed by atoms with Gasteiger partial charge in [0.25, 0.3) is 11.5 Å². The molecule has 1 saturated heterocycles. The molecule has 1 amide bonds. The second-order valence-corrected chi connectivity index (χ2v) is 8.89. The highest BCUT2D eigenvalue weighted by molar-refractivity contribution is 5.94. The molecule has 0 saturated carbocycles. The van der Waals surface area contributed by atoms with Crippen LogP contribution in [0.2, 0.25) is 0 Å². The van der Waals surface area contributed by atoms with Gasteiger partial charge in [-0.1, -0.05) is 12.1 Å². The Balaban J connectivity index is 1.42. The summed E-state index contributed by atoms with van der Waals surface area (Å²) in [6.07, 6.45) is 2.37. The van der Waals surface area contributed by atoms with Gasteiger partial charge >= 0.3 is 0 Å². The molecule has 4 rings (SSSR count). The van der Waals surface area contributed by atoms with Crippen LogP contribution in [0.4, 0.5) is 0 Å². The highest BCUT2D eigenvalue weighted by Gasteiger charge is 2.28. The van der Waals surface area contributed by atoms with Crippen LogP contribution >= 0.6 is 0 Å². The normalized spacial score (nSPS) is 17.7. The number of amides is 1. The molecule has 31 heavy (non-hydrogen) atoms. The Bertz CT molecular complexity index is 975. The van der Waals surface area contributed by atoms with Crippen LogP contribution in [-0.2, 0) is 24.3 Å². The fourth-order valence-corrected chi connectivity index (χ4v) is 4.56. The van der Waals surface area contributed by atoms with Crippen LogP contribution in [0.5, 0.6) is 0 Å². The van der Waals surface area contributed by atoms with E-state index in [1.54, 1.807) is 7.11 Å². The zero-order valence-corrected chi connectivity index (χ0v) is 18.7. The predicted molar refractivity (Wildman–Crippen MR) is 119 cm³/mol. The predicted octanol–water partition coefficient (Wildman–Crippen LogP) is 2.70. The summed E-state index contributed by atoms with van der Waals surface area (Å²) in [4.78, 5) is 37.7. The lowest BCUT2D eigenvalue weighted by molar-refractivity contribution is 0.0710. The van der Waals surface area contributed by atoms with E-state index in [2.05, 4.69) is 23.7 Å². The zero-order valence-electron chi connectivity index (χ0n) is 18.7. The van der Waals surface area contributed by atoms with Gasteiger partial charge in [0.15, 0.2) is 0 Å². The first-order chi connectivity index (χ1) is 15.0. The number of aromatic amines is 1. The second-order valence-electron chi connectivity index (χ2n) is 8.89. The van der Waals surface area contributed by atoms with Gasteiger partial charge in [-0.25, -0.2) is 4.98 Å². The third-order valence-corrected chi connectivity index (χ3v) is 6.53. The van der Waals surface area contributed by atoms with Gasteiger partial charge < -0.3 is 14.6 Å². The maximum absolute atomic E-state index is 12.9. The van der Waals surface area contributed by atoms with Crippen molar-refractivity contribution >= 4 is 5.91 Å². The average Bonchev–Trinajstić information content (AvgIpc) is 2.79. The van der Waals surface area contributed by atoms with Crippen LogP contribution in [0.1, 0.15) is 65.6 Å². The number of hydrogen-bond donors (Lipinski definition) is 1. The Morgan fingerprint density at radius 2 is 1.90 bits per heavy atom. The number of ether oxygens (including phenoxy) is 1. The van der Waals surface area contributed by atoms with E-state index in [1.165, 1.54) is 0 Å². The van der Waals surface area contributed by atoms with Gasteiger partial charge in [0.1, 0.15) is 5.82 Å². The molecule has 0 atom stereocenters. The van der Waals surface area contributed by atoms with Crippen LogP contribution in [0.15, 0.2) is 29.1 Å². The quantitative estimate of drug-likeness (QED) is 0.799. The van der Waals surface area contributed by atoms with Crippen molar-refractivity contribution in [1.29, 1.82) is 0 Å². The number of carbonyl (C=O) groups excluding carboxylic acids is 1. The number of rotatable bonds is 5. The number of H-pyrrole nitrogens is 1. The van der Waals surface area contributed by atoms with E-state index in [1.807, 2.05) is 29.2 Å². The van der Waals surface area contributed by atoms with Crippen molar-refractivity contribution in [3.05, 3.63) is 62.8 Å². The number of piperidine rings is 1. The van der Waals surface area contributed by atoms with E-state index in [-0.39, 0.29) is 17.4 Å². The first-order valence-electron chi connectivity index (χ1n) is 11.2. The molecule has 2 aliphatic heterocycles. The van der Waals surface area contributed by atoms with Crippen molar-refractivity contribution in [2.75, 3.05) is 26.7 Å². The van der Waals surface area contributed by atoms with E-state index in [0.717, 1.165) is 55.0 Å². The summed E-state index contributed by atoms with van der Waals surface area (Å²) >= 11 is 0. The summed E-state index contributed by atoms with van der Waals surface area (Å²) < 4.78 is 5.13. The molecule has 0 aliphatic carbocycles. The number of hydrogen-bond acceptors (Lipinski definition) is 5. The minimum Gasteiger partial charge on any atom is -0.380 e. The van der Waals surface area contributed by atoms with Crippen molar-refractivity contribution in [3.63, 3.8) is 0 Å². The molecular formula is C24H32N4O3. The van der Waals surface area contributed by atoms with Crippen LogP contribution < -0.4 is 5.56 Å². The lowest BCUT2D eigenvalue weighted by Crippen LogP contribution is -2.41. The molecule has 1 aromatic carbocycles. The molecule has 1 aromatic heterocycles. The molecule has 1 fully saturated rings. The number of carbonyl (C=O) groups is 1. The Labute approximate surface area is 183 Å². The highest BCUT2D eigenvalue weighted by atomic mass is 16.5. The van der Waals surface area contributed by atoms with Crippen LogP contribution in [-0.4, -0.2) is 58.5 Å². The highest BCUT2D eigenvalue weighted by Crippen LogP contribution is 2.27. The van der Waals surface area contributed by atoms with Gasteiger partial charge in [0, 0.05) is 56.4 Å². The molecule has 1 N–H and O–H groups in total. The van der Waals surface area contributed by atoms with Gasteiger partial charge in [0.05, 0.1) is 12.3 Å². The molecule has 0 unspecified atom stereocenters. The van der Waals surface area contributed by atoms with Crippen molar-refractivity contribution < 1.29 is 9.53 Å². The van der Waals surface area contributed by atoms with Gasteiger partial charge in [-0.15, -0.1) is 0 Å². The number of fused-ring (bicyclic) bond motifs is 1. The van der Waals surface area contributed by atoms with Gasteiger partial charge in [-0.2, -0.15) is 0 Å². The maximum atomic E-state index is 12.9. The molecule has 2 aliphatic rings. The Morgan fingerprint density at radius 3 is 2.55 bits per heavy atom. The monoisotopic (exact) mass is 424 g/mol. The molecule has 2 aromatic rings. The molecular weight excluding hydrogens is 392 g/mol. The van der Waals surface area contributed by atoms with Crippen LogP contribution in [0.25, 0.3) is 0 Å². The van der Waals surface area contributed by atoms with E-state index in [4.69, 9.17) is 9.72 Å². The Morgan fingerprint density at radius 1 is 1.19 bits per heavy atom. The van der Waals surface area contributed by atoms with E-state index < -0.39 is 0 Å². The molecule has 7 nitrogen and oxygen atoms in total. The second kappa shape index (κ2) is 9.32. The topological polar surface area (TPSA) is 78.5 Å². The summed E-state index contributed by atoms with van der Waals surface area (Å²) in [6, 6.07) is 8.05. The van der Waals surface area contributed by atoms with Crippen LogP contribution in [0, 0.1) is 0 Å². The Kier molecular flexibility index (Phi) is 6.53. The van der Waals surface area contributed by atoms with Crippen molar-refractivity contribution in [3.8, 4) is 0 Å². The van der Waals surface area contributed by atoms with E-state index in [9.17, 15) is 9.59 Å². The molecule has 0 bridgehead atoms. The van der Waals surface area contributed by atoms with Gasteiger partial charge in [0.2, 0.25) is 0 Å². The minimum absolute atomic E-state index is 0.0121. The van der Waals surface area contributed by atoms with Gasteiger partial charge in [-0.3, -0.25) is 14.5 Å². The van der Waals surface area contributed by atoms with E-state index >= 15 is 0 Å².